The number of benzene rings is 2. The molecule has 132 valence electrons. The summed E-state index contributed by atoms with van der Waals surface area (Å²) in [5.41, 5.74) is 1.72. The minimum atomic E-state index is -1.04. The predicted molar refractivity (Wildman–Crippen MR) is 94.3 cm³/mol. The second kappa shape index (κ2) is 8.19. The van der Waals surface area contributed by atoms with E-state index in [1.807, 2.05) is 31.2 Å². The van der Waals surface area contributed by atoms with Crippen molar-refractivity contribution in [2.75, 3.05) is 18.6 Å². The van der Waals surface area contributed by atoms with Gasteiger partial charge in [0.05, 0.1) is 0 Å². The van der Waals surface area contributed by atoms with Crippen LogP contribution < -0.4 is 14.4 Å². The van der Waals surface area contributed by atoms with E-state index in [0.29, 0.717) is 17.2 Å². The Morgan fingerprint density at radius 3 is 2.40 bits per heavy atom. The number of carboxylic acid groups (broad SMARTS) is 1. The van der Waals surface area contributed by atoms with Gasteiger partial charge in [-0.15, -0.1) is 0 Å². The number of carbonyl (C=O) groups excluding carboxylic acids is 1. The molecule has 0 saturated carbocycles. The normalized spacial score (nSPS) is 11.5. The molecule has 0 bridgehead atoms. The highest BCUT2D eigenvalue weighted by molar-refractivity contribution is 5.96. The highest BCUT2D eigenvalue weighted by atomic mass is 16.5. The van der Waals surface area contributed by atoms with Gasteiger partial charge in [0.15, 0.2) is 12.7 Å². The molecular weight excluding hydrogens is 322 g/mol. The van der Waals surface area contributed by atoms with E-state index >= 15 is 0 Å². The summed E-state index contributed by atoms with van der Waals surface area (Å²) < 4.78 is 10.8. The Bertz CT molecular complexity index is 742. The van der Waals surface area contributed by atoms with Crippen molar-refractivity contribution in [1.29, 1.82) is 0 Å². The van der Waals surface area contributed by atoms with Crippen molar-refractivity contribution in [3.8, 4) is 11.5 Å². The van der Waals surface area contributed by atoms with E-state index in [0.717, 1.165) is 5.56 Å². The van der Waals surface area contributed by atoms with Gasteiger partial charge in [0.1, 0.15) is 11.5 Å². The standard InChI is InChI=1S/C19H21NO5/c1-13-5-4-6-17(11-13)25-14(2)19(23)20(3)15-7-9-16(10-8-15)24-12-18(21)22/h4-11,14H,12H2,1-3H3,(H,21,22). The summed E-state index contributed by atoms with van der Waals surface area (Å²) in [6.45, 7) is 3.25. The van der Waals surface area contributed by atoms with Gasteiger partial charge in [0, 0.05) is 12.7 Å². The number of likely N-dealkylation sites (N-methyl/N-ethyl adjacent to an activating group) is 1. The minimum Gasteiger partial charge on any atom is -0.482 e. The molecular formula is C19H21NO5. The van der Waals surface area contributed by atoms with E-state index < -0.39 is 18.7 Å². The van der Waals surface area contributed by atoms with Crippen molar-refractivity contribution >= 4 is 17.6 Å². The summed E-state index contributed by atoms with van der Waals surface area (Å²) in [5, 5.41) is 8.60. The van der Waals surface area contributed by atoms with Crippen LogP contribution in [0.5, 0.6) is 11.5 Å². The maximum absolute atomic E-state index is 12.5. The molecule has 0 aliphatic carbocycles. The first-order chi connectivity index (χ1) is 11.9. The number of hydrogen-bond donors (Lipinski definition) is 1. The van der Waals surface area contributed by atoms with Gasteiger partial charge in [-0.25, -0.2) is 4.79 Å². The average molecular weight is 343 g/mol. The fraction of sp³-hybridized carbons (Fsp3) is 0.263. The number of aryl methyl sites for hydroxylation is 1. The first-order valence-corrected chi connectivity index (χ1v) is 7.82. The molecule has 0 heterocycles. The predicted octanol–water partition coefficient (Wildman–Crippen LogP) is 2.89. The van der Waals surface area contributed by atoms with Crippen molar-refractivity contribution < 1.29 is 24.2 Å². The molecule has 2 rings (SSSR count). The summed E-state index contributed by atoms with van der Waals surface area (Å²) in [6, 6.07) is 14.1. The third-order valence-corrected chi connectivity index (χ3v) is 3.57. The number of carboxylic acids is 1. The smallest absolute Gasteiger partial charge is 0.341 e. The van der Waals surface area contributed by atoms with Crippen molar-refractivity contribution in [2.24, 2.45) is 0 Å². The monoisotopic (exact) mass is 343 g/mol. The second-order valence-electron chi connectivity index (χ2n) is 5.65. The fourth-order valence-corrected chi connectivity index (χ4v) is 2.25. The molecule has 1 unspecified atom stereocenters. The Morgan fingerprint density at radius 2 is 1.80 bits per heavy atom. The van der Waals surface area contributed by atoms with E-state index in [-0.39, 0.29) is 5.91 Å². The van der Waals surface area contributed by atoms with E-state index in [2.05, 4.69) is 0 Å². The third kappa shape index (κ3) is 5.24. The molecule has 0 fully saturated rings. The first-order valence-electron chi connectivity index (χ1n) is 7.82. The van der Waals surface area contributed by atoms with Crippen LogP contribution in [0.1, 0.15) is 12.5 Å². The molecule has 1 N–H and O–H groups in total. The molecule has 0 aromatic heterocycles. The van der Waals surface area contributed by atoms with Crippen LogP contribution in [0.2, 0.25) is 0 Å². The van der Waals surface area contributed by atoms with E-state index in [1.54, 1.807) is 38.2 Å². The van der Waals surface area contributed by atoms with Crippen molar-refractivity contribution in [3.63, 3.8) is 0 Å². The number of nitrogens with zero attached hydrogens (tertiary/aromatic N) is 1. The highest BCUT2D eigenvalue weighted by Gasteiger charge is 2.20. The summed E-state index contributed by atoms with van der Waals surface area (Å²) >= 11 is 0. The molecule has 1 amide bonds. The van der Waals surface area contributed by atoms with E-state index in [4.69, 9.17) is 14.6 Å². The number of aliphatic carboxylic acids is 1. The van der Waals surface area contributed by atoms with Crippen molar-refractivity contribution in [1.82, 2.24) is 0 Å². The molecule has 0 aliphatic heterocycles. The minimum absolute atomic E-state index is 0.194. The SMILES string of the molecule is Cc1cccc(OC(C)C(=O)N(C)c2ccc(OCC(=O)O)cc2)c1. The highest BCUT2D eigenvalue weighted by Crippen LogP contribution is 2.20. The summed E-state index contributed by atoms with van der Waals surface area (Å²) in [7, 11) is 1.66. The van der Waals surface area contributed by atoms with Gasteiger partial charge >= 0.3 is 5.97 Å². The molecule has 2 aromatic carbocycles. The zero-order valence-corrected chi connectivity index (χ0v) is 14.4. The van der Waals surface area contributed by atoms with Gasteiger partial charge in [-0.3, -0.25) is 4.79 Å². The number of ether oxygens (including phenoxy) is 2. The number of amides is 1. The van der Waals surface area contributed by atoms with Crippen LogP contribution in [0.4, 0.5) is 5.69 Å². The van der Waals surface area contributed by atoms with Crippen molar-refractivity contribution in [3.05, 3.63) is 54.1 Å². The molecule has 0 spiro atoms. The lowest BCUT2D eigenvalue weighted by Crippen LogP contribution is -2.38. The first kappa shape index (κ1) is 18.3. The van der Waals surface area contributed by atoms with Gasteiger partial charge in [-0.2, -0.15) is 0 Å². The number of anilines is 1. The lowest BCUT2D eigenvalue weighted by Gasteiger charge is -2.22. The largest absolute Gasteiger partial charge is 0.482 e. The van der Waals surface area contributed by atoms with Gasteiger partial charge in [-0.1, -0.05) is 12.1 Å². The second-order valence-corrected chi connectivity index (χ2v) is 5.65. The molecule has 1 atom stereocenters. The van der Waals surface area contributed by atoms with Gasteiger partial charge in [0.2, 0.25) is 0 Å². The van der Waals surface area contributed by atoms with E-state index in [1.165, 1.54) is 4.90 Å². The van der Waals surface area contributed by atoms with Crippen LogP contribution in [0.3, 0.4) is 0 Å². The fourth-order valence-electron chi connectivity index (χ4n) is 2.25. The maximum Gasteiger partial charge on any atom is 0.341 e. The molecule has 2 aromatic rings. The number of carbonyl (C=O) groups is 2. The maximum atomic E-state index is 12.5. The van der Waals surface area contributed by atoms with Crippen LogP contribution in [0, 0.1) is 6.92 Å². The Hall–Kier alpha value is -3.02. The Morgan fingerprint density at radius 1 is 1.12 bits per heavy atom. The van der Waals surface area contributed by atoms with E-state index in [9.17, 15) is 9.59 Å². The summed E-state index contributed by atoms with van der Waals surface area (Å²) in [5.74, 6) is -0.165. The Kier molecular flexibility index (Phi) is 6.00. The quantitative estimate of drug-likeness (QED) is 0.836. The summed E-state index contributed by atoms with van der Waals surface area (Å²) in [4.78, 5) is 24.5. The molecule has 6 nitrogen and oxygen atoms in total. The van der Waals surface area contributed by atoms with Crippen LogP contribution in [-0.2, 0) is 9.59 Å². The molecule has 25 heavy (non-hydrogen) atoms. The van der Waals surface area contributed by atoms with Gasteiger partial charge in [0.25, 0.3) is 5.91 Å². The van der Waals surface area contributed by atoms with Crippen LogP contribution >= 0.6 is 0 Å². The van der Waals surface area contributed by atoms with Crippen molar-refractivity contribution in [2.45, 2.75) is 20.0 Å². The van der Waals surface area contributed by atoms with Crippen LogP contribution in [0.25, 0.3) is 0 Å². The number of rotatable bonds is 7. The molecule has 0 radical (unpaired) electrons. The lowest BCUT2D eigenvalue weighted by molar-refractivity contribution is -0.139. The van der Waals surface area contributed by atoms with Gasteiger partial charge in [-0.05, 0) is 55.8 Å². The molecule has 6 heteroatoms. The molecule has 0 saturated heterocycles. The topological polar surface area (TPSA) is 76.1 Å². The summed E-state index contributed by atoms with van der Waals surface area (Å²) in [6.07, 6.45) is -0.644. The Balaban J connectivity index is 1.99. The lowest BCUT2D eigenvalue weighted by atomic mass is 10.2. The average Bonchev–Trinajstić information content (AvgIpc) is 2.59. The zero-order valence-electron chi connectivity index (χ0n) is 14.4. The van der Waals surface area contributed by atoms with Crippen LogP contribution in [-0.4, -0.2) is 36.7 Å². The van der Waals surface area contributed by atoms with Crippen LogP contribution in [0.15, 0.2) is 48.5 Å². The number of hydrogen-bond acceptors (Lipinski definition) is 4. The zero-order chi connectivity index (χ0) is 18.4. The Labute approximate surface area is 146 Å². The third-order valence-electron chi connectivity index (χ3n) is 3.57. The molecule has 0 aliphatic rings. The van der Waals surface area contributed by atoms with Gasteiger partial charge < -0.3 is 19.5 Å².